The van der Waals surface area contributed by atoms with E-state index in [4.69, 9.17) is 4.74 Å². The number of hydrogen-bond acceptors (Lipinski definition) is 4. The zero-order valence-electron chi connectivity index (χ0n) is 20.3. The van der Waals surface area contributed by atoms with Crippen LogP contribution in [0.2, 0.25) is 0 Å². The minimum atomic E-state index is -1.03. The molecule has 0 aromatic heterocycles. The number of halogens is 1. The van der Waals surface area contributed by atoms with Crippen molar-refractivity contribution < 1.29 is 23.5 Å². The van der Waals surface area contributed by atoms with Crippen molar-refractivity contribution >= 4 is 17.7 Å². The molecule has 0 aliphatic carbocycles. The lowest BCUT2D eigenvalue weighted by molar-refractivity contribution is -0.128. The summed E-state index contributed by atoms with van der Waals surface area (Å²) < 4.78 is 20.4. The van der Waals surface area contributed by atoms with Crippen molar-refractivity contribution in [1.82, 2.24) is 15.1 Å². The van der Waals surface area contributed by atoms with Crippen LogP contribution < -0.4 is 5.32 Å². The number of carbonyl (C=O) groups excluding carboxylic acids is 3. The maximum atomic E-state index is 14.2. The van der Waals surface area contributed by atoms with Gasteiger partial charge in [0.15, 0.2) is 0 Å². The van der Waals surface area contributed by atoms with Gasteiger partial charge in [-0.3, -0.25) is 19.3 Å². The number of nitrogens with one attached hydrogen (secondary N) is 1. The third kappa shape index (κ3) is 4.97. The molecule has 0 radical (unpaired) electrons. The number of piperidine rings is 1. The molecule has 37 heavy (non-hydrogen) atoms. The van der Waals surface area contributed by atoms with Crippen LogP contribution in [0.15, 0.2) is 84.9 Å². The van der Waals surface area contributed by atoms with Crippen molar-refractivity contribution in [3.8, 4) is 0 Å². The lowest BCUT2D eigenvalue weighted by atomic mass is 9.96. The Morgan fingerprint density at radius 2 is 1.49 bits per heavy atom. The van der Waals surface area contributed by atoms with Crippen LogP contribution in [0, 0.1) is 5.82 Å². The molecule has 7 nitrogen and oxygen atoms in total. The minimum Gasteiger partial charge on any atom is -0.353 e. The summed E-state index contributed by atoms with van der Waals surface area (Å²) in [5.41, 5.74) is 0.387. The van der Waals surface area contributed by atoms with Gasteiger partial charge in [0.2, 0.25) is 5.91 Å². The lowest BCUT2D eigenvalue weighted by Crippen LogP contribution is -2.59. The van der Waals surface area contributed by atoms with Crippen LogP contribution >= 0.6 is 0 Å². The molecule has 2 saturated heterocycles. The van der Waals surface area contributed by atoms with E-state index in [1.54, 1.807) is 46.2 Å². The number of benzene rings is 3. The van der Waals surface area contributed by atoms with E-state index in [2.05, 4.69) is 5.32 Å². The van der Waals surface area contributed by atoms with Gasteiger partial charge in [-0.05, 0) is 29.8 Å². The fourth-order valence-electron chi connectivity index (χ4n) is 5.05. The van der Waals surface area contributed by atoms with Gasteiger partial charge in [0.1, 0.15) is 17.6 Å². The van der Waals surface area contributed by atoms with Crippen LogP contribution in [0.25, 0.3) is 0 Å². The first kappa shape index (κ1) is 24.6. The number of amides is 3. The molecule has 1 atom stereocenters. The van der Waals surface area contributed by atoms with Gasteiger partial charge >= 0.3 is 0 Å². The van der Waals surface area contributed by atoms with Gasteiger partial charge in [0.25, 0.3) is 11.8 Å². The fourth-order valence-corrected chi connectivity index (χ4v) is 5.05. The van der Waals surface area contributed by atoms with Crippen LogP contribution in [-0.2, 0) is 16.1 Å². The Hall–Kier alpha value is -4.04. The van der Waals surface area contributed by atoms with Gasteiger partial charge in [-0.2, -0.15) is 0 Å². The standard InChI is InChI=1S/C29H28FN3O4/c30-24-14-8-7-13-23(24)28(36)32-17-15-29(16-18-32)33(27(35)22-11-5-2-6-12-22)25(20-37-29)26(34)31-19-21-9-3-1-4-10-21/h1-14,25H,15-20H2,(H,31,34)/t25-/m1/s1. The van der Waals surface area contributed by atoms with Crippen molar-refractivity contribution in [3.05, 3.63) is 107 Å². The van der Waals surface area contributed by atoms with Crippen molar-refractivity contribution in [3.63, 3.8) is 0 Å². The summed E-state index contributed by atoms with van der Waals surface area (Å²) >= 11 is 0. The van der Waals surface area contributed by atoms with E-state index in [9.17, 15) is 18.8 Å². The van der Waals surface area contributed by atoms with E-state index >= 15 is 0 Å². The molecule has 2 aliphatic rings. The third-order valence-corrected chi connectivity index (χ3v) is 7.05. The second-order valence-corrected chi connectivity index (χ2v) is 9.29. The lowest BCUT2D eigenvalue weighted by Gasteiger charge is -2.44. The van der Waals surface area contributed by atoms with E-state index in [0.717, 1.165) is 5.56 Å². The molecular weight excluding hydrogens is 473 g/mol. The van der Waals surface area contributed by atoms with Crippen molar-refractivity contribution in [1.29, 1.82) is 0 Å². The van der Waals surface area contributed by atoms with Crippen molar-refractivity contribution in [2.75, 3.05) is 19.7 Å². The quantitative estimate of drug-likeness (QED) is 0.579. The second kappa shape index (κ2) is 10.5. The highest BCUT2D eigenvalue weighted by atomic mass is 19.1. The summed E-state index contributed by atoms with van der Waals surface area (Å²) in [7, 11) is 0. The Labute approximate surface area is 214 Å². The zero-order chi connectivity index (χ0) is 25.8. The Balaban J connectivity index is 1.36. The van der Waals surface area contributed by atoms with Crippen molar-refractivity contribution in [2.24, 2.45) is 0 Å². The molecule has 8 heteroatoms. The van der Waals surface area contributed by atoms with E-state index in [0.29, 0.717) is 24.9 Å². The van der Waals surface area contributed by atoms with Gasteiger partial charge in [-0.1, -0.05) is 60.7 Å². The number of rotatable bonds is 5. The van der Waals surface area contributed by atoms with E-state index in [-0.39, 0.29) is 37.1 Å². The van der Waals surface area contributed by atoms with Crippen LogP contribution in [0.3, 0.4) is 0 Å². The van der Waals surface area contributed by atoms with E-state index in [1.807, 2.05) is 36.4 Å². The van der Waals surface area contributed by atoms with Gasteiger partial charge in [0, 0.05) is 38.0 Å². The highest BCUT2D eigenvalue weighted by Crippen LogP contribution is 2.39. The summed E-state index contributed by atoms with van der Waals surface area (Å²) in [5, 5.41) is 2.93. The Morgan fingerprint density at radius 1 is 0.865 bits per heavy atom. The van der Waals surface area contributed by atoms with Gasteiger partial charge in [0.05, 0.1) is 12.2 Å². The number of carbonyl (C=O) groups is 3. The third-order valence-electron chi connectivity index (χ3n) is 7.05. The predicted molar refractivity (Wildman–Crippen MR) is 135 cm³/mol. The molecular formula is C29H28FN3O4. The van der Waals surface area contributed by atoms with Gasteiger partial charge in [-0.15, -0.1) is 0 Å². The predicted octanol–water partition coefficient (Wildman–Crippen LogP) is 3.62. The monoisotopic (exact) mass is 501 g/mol. The molecule has 0 bridgehead atoms. The Kier molecular flexibility index (Phi) is 7.01. The summed E-state index contributed by atoms with van der Waals surface area (Å²) in [6, 6.07) is 23.4. The van der Waals surface area contributed by atoms with Gasteiger partial charge < -0.3 is 15.0 Å². The molecule has 190 valence electrons. The molecule has 1 spiro atoms. The molecule has 3 aromatic carbocycles. The Bertz CT molecular complexity index is 1280. The SMILES string of the molecule is O=C(NCc1ccccc1)[C@H]1COC2(CCN(C(=O)c3ccccc3F)CC2)N1C(=O)c1ccccc1. The molecule has 2 heterocycles. The summed E-state index contributed by atoms with van der Waals surface area (Å²) in [5.74, 6) is -1.56. The summed E-state index contributed by atoms with van der Waals surface area (Å²) in [4.78, 5) is 43.1. The first-order chi connectivity index (χ1) is 18.0. The topological polar surface area (TPSA) is 79.0 Å². The molecule has 2 fully saturated rings. The molecule has 2 aliphatic heterocycles. The van der Waals surface area contributed by atoms with Gasteiger partial charge in [-0.25, -0.2) is 4.39 Å². The number of nitrogens with zero attached hydrogens (tertiary/aromatic N) is 2. The van der Waals surface area contributed by atoms with Crippen molar-refractivity contribution in [2.45, 2.75) is 31.2 Å². The average molecular weight is 502 g/mol. The fraction of sp³-hybridized carbons (Fsp3) is 0.276. The minimum absolute atomic E-state index is 0.0150. The van der Waals surface area contributed by atoms with Crippen LogP contribution in [0.4, 0.5) is 4.39 Å². The molecule has 3 amide bonds. The maximum absolute atomic E-state index is 14.2. The van der Waals surface area contributed by atoms with Crippen LogP contribution in [0.5, 0.6) is 0 Å². The molecule has 0 unspecified atom stereocenters. The van der Waals surface area contributed by atoms with Crippen LogP contribution in [0.1, 0.15) is 39.1 Å². The first-order valence-electron chi connectivity index (χ1n) is 12.4. The molecule has 1 N–H and O–H groups in total. The first-order valence-corrected chi connectivity index (χ1v) is 12.4. The number of ether oxygens (including phenoxy) is 1. The molecule has 5 rings (SSSR count). The largest absolute Gasteiger partial charge is 0.353 e. The number of hydrogen-bond donors (Lipinski definition) is 1. The molecule has 0 saturated carbocycles. The highest BCUT2D eigenvalue weighted by Gasteiger charge is 2.54. The molecule has 3 aromatic rings. The summed E-state index contributed by atoms with van der Waals surface area (Å²) in [6.07, 6.45) is 0.627. The highest BCUT2D eigenvalue weighted by molar-refractivity contribution is 5.98. The summed E-state index contributed by atoms with van der Waals surface area (Å²) in [6.45, 7) is 0.927. The van der Waals surface area contributed by atoms with Crippen LogP contribution in [-0.4, -0.2) is 59.0 Å². The number of likely N-dealkylation sites (tertiary alicyclic amines) is 1. The Morgan fingerprint density at radius 3 is 2.16 bits per heavy atom. The zero-order valence-corrected chi connectivity index (χ0v) is 20.3. The maximum Gasteiger partial charge on any atom is 0.256 e. The second-order valence-electron chi connectivity index (χ2n) is 9.29. The normalized spacial score (nSPS) is 18.6. The smallest absolute Gasteiger partial charge is 0.256 e. The van der Waals surface area contributed by atoms with E-state index in [1.165, 1.54) is 12.1 Å². The van der Waals surface area contributed by atoms with E-state index < -0.39 is 23.5 Å². The average Bonchev–Trinajstić information content (AvgIpc) is 3.31.